The van der Waals surface area contributed by atoms with Crippen LogP contribution in [0.2, 0.25) is 5.02 Å². The van der Waals surface area contributed by atoms with Crippen molar-refractivity contribution in [3.8, 4) is 23.1 Å². The molecule has 0 aliphatic rings. The van der Waals surface area contributed by atoms with E-state index in [0.29, 0.717) is 27.3 Å². The number of carbonyl (C=O) groups excluding carboxylic acids is 1. The molecular weight excluding hydrogens is 442 g/mol. The Kier molecular flexibility index (Phi) is 6.55. The lowest BCUT2D eigenvalue weighted by Crippen LogP contribution is -2.15. The molecule has 32 heavy (non-hydrogen) atoms. The normalized spacial score (nSPS) is 10.5. The Morgan fingerprint density at radius 2 is 1.78 bits per heavy atom. The average molecular weight is 460 g/mol. The van der Waals surface area contributed by atoms with Crippen LogP contribution in [0.3, 0.4) is 0 Å². The van der Waals surface area contributed by atoms with Crippen LogP contribution in [0, 0.1) is 18.3 Å². The van der Waals surface area contributed by atoms with Gasteiger partial charge in [0, 0.05) is 10.6 Å². The minimum atomic E-state index is -0.231. The maximum Gasteiger partial charge on any atom is 0.234 e. The number of carbonyl (C=O) groups is 1. The summed E-state index contributed by atoms with van der Waals surface area (Å²) >= 11 is 7.33. The predicted octanol–water partition coefficient (Wildman–Crippen LogP) is 5.50. The van der Waals surface area contributed by atoms with Crippen molar-refractivity contribution in [2.75, 3.05) is 11.1 Å². The van der Waals surface area contributed by atoms with E-state index in [2.05, 4.69) is 21.6 Å². The molecule has 4 rings (SSSR count). The SMILES string of the molecule is Cc1ccccc1-n1c(SCC(=O)Nc2ccccc2C#N)nnc1-c1ccc(Cl)cc1. The van der Waals surface area contributed by atoms with Gasteiger partial charge in [0.1, 0.15) is 6.07 Å². The summed E-state index contributed by atoms with van der Waals surface area (Å²) in [6, 6.07) is 24.3. The van der Waals surface area contributed by atoms with E-state index >= 15 is 0 Å². The number of nitriles is 1. The monoisotopic (exact) mass is 459 g/mol. The van der Waals surface area contributed by atoms with Crippen LogP contribution < -0.4 is 5.32 Å². The number of hydrogen-bond acceptors (Lipinski definition) is 5. The fourth-order valence-electron chi connectivity index (χ4n) is 3.19. The zero-order valence-electron chi connectivity index (χ0n) is 17.1. The maximum atomic E-state index is 12.6. The van der Waals surface area contributed by atoms with Crippen molar-refractivity contribution in [3.05, 3.63) is 88.9 Å². The second-order valence-electron chi connectivity index (χ2n) is 6.93. The van der Waals surface area contributed by atoms with E-state index in [-0.39, 0.29) is 11.7 Å². The summed E-state index contributed by atoms with van der Waals surface area (Å²) in [5.41, 5.74) is 3.75. The van der Waals surface area contributed by atoms with Gasteiger partial charge in [-0.2, -0.15) is 5.26 Å². The highest BCUT2D eigenvalue weighted by molar-refractivity contribution is 7.99. The van der Waals surface area contributed by atoms with Crippen LogP contribution in [0.15, 0.2) is 78.0 Å². The van der Waals surface area contributed by atoms with Crippen LogP contribution in [0.25, 0.3) is 17.1 Å². The molecule has 0 saturated carbocycles. The summed E-state index contributed by atoms with van der Waals surface area (Å²) in [4.78, 5) is 12.6. The first-order valence-electron chi connectivity index (χ1n) is 9.76. The first-order chi connectivity index (χ1) is 15.6. The number of thioether (sulfide) groups is 1. The summed E-state index contributed by atoms with van der Waals surface area (Å²) in [5.74, 6) is 0.545. The van der Waals surface area contributed by atoms with Gasteiger partial charge >= 0.3 is 0 Å². The van der Waals surface area contributed by atoms with Crippen molar-refractivity contribution >= 4 is 35.0 Å². The lowest BCUT2D eigenvalue weighted by atomic mass is 10.1. The van der Waals surface area contributed by atoms with Gasteiger partial charge in [-0.05, 0) is 55.0 Å². The lowest BCUT2D eigenvalue weighted by Gasteiger charge is -2.13. The molecule has 0 unspecified atom stereocenters. The number of aryl methyl sites for hydroxylation is 1. The summed E-state index contributed by atoms with van der Waals surface area (Å²) in [5, 5.41) is 22.0. The van der Waals surface area contributed by atoms with Crippen molar-refractivity contribution in [2.45, 2.75) is 12.1 Å². The van der Waals surface area contributed by atoms with Crippen LogP contribution in [0.5, 0.6) is 0 Å². The molecule has 1 N–H and O–H groups in total. The second kappa shape index (κ2) is 9.69. The van der Waals surface area contributed by atoms with Gasteiger partial charge < -0.3 is 5.32 Å². The topological polar surface area (TPSA) is 83.6 Å². The predicted molar refractivity (Wildman–Crippen MR) is 127 cm³/mol. The van der Waals surface area contributed by atoms with Crippen LogP contribution in [-0.4, -0.2) is 26.4 Å². The Balaban J connectivity index is 1.63. The Morgan fingerprint density at radius 1 is 1.06 bits per heavy atom. The third kappa shape index (κ3) is 4.67. The Bertz CT molecular complexity index is 1310. The van der Waals surface area contributed by atoms with Crippen molar-refractivity contribution in [1.29, 1.82) is 5.26 Å². The van der Waals surface area contributed by atoms with Gasteiger partial charge in [0.25, 0.3) is 0 Å². The zero-order chi connectivity index (χ0) is 22.5. The fourth-order valence-corrected chi connectivity index (χ4v) is 4.06. The number of amides is 1. The van der Waals surface area contributed by atoms with Crippen molar-refractivity contribution < 1.29 is 4.79 Å². The van der Waals surface area contributed by atoms with Crippen LogP contribution in [0.4, 0.5) is 5.69 Å². The van der Waals surface area contributed by atoms with Crippen LogP contribution in [-0.2, 0) is 4.79 Å². The highest BCUT2D eigenvalue weighted by Gasteiger charge is 2.18. The van der Waals surface area contributed by atoms with E-state index in [9.17, 15) is 10.1 Å². The minimum absolute atomic E-state index is 0.115. The summed E-state index contributed by atoms with van der Waals surface area (Å²) < 4.78 is 1.94. The number of nitrogens with one attached hydrogen (secondary N) is 1. The molecule has 6 nitrogen and oxygen atoms in total. The van der Waals surface area contributed by atoms with E-state index in [1.165, 1.54) is 11.8 Å². The number of anilines is 1. The standard InChI is InChI=1S/C24H18ClN5OS/c1-16-6-2-5-9-21(16)30-23(17-10-12-19(25)13-11-17)28-29-24(30)32-15-22(31)27-20-8-4-3-7-18(20)14-26/h2-13H,15H2,1H3,(H,27,31). The molecular formula is C24H18ClN5OS. The largest absolute Gasteiger partial charge is 0.324 e. The van der Waals surface area contributed by atoms with E-state index in [1.807, 2.05) is 47.9 Å². The molecule has 0 fully saturated rings. The van der Waals surface area contributed by atoms with Gasteiger partial charge in [0.2, 0.25) is 5.91 Å². The van der Waals surface area contributed by atoms with Gasteiger partial charge in [0.05, 0.1) is 22.7 Å². The summed E-state index contributed by atoms with van der Waals surface area (Å²) in [6.45, 7) is 2.01. The Hall–Kier alpha value is -3.60. The molecule has 1 aromatic heterocycles. The molecule has 1 heterocycles. The molecule has 0 aliphatic heterocycles. The van der Waals surface area contributed by atoms with Crippen LogP contribution >= 0.6 is 23.4 Å². The zero-order valence-corrected chi connectivity index (χ0v) is 18.7. The number of aromatic nitrogens is 3. The van der Waals surface area contributed by atoms with E-state index in [4.69, 9.17) is 11.6 Å². The molecule has 3 aromatic carbocycles. The summed E-state index contributed by atoms with van der Waals surface area (Å²) in [6.07, 6.45) is 0. The first kappa shape index (κ1) is 21.6. The molecule has 0 atom stereocenters. The van der Waals surface area contributed by atoms with Crippen molar-refractivity contribution in [1.82, 2.24) is 14.8 Å². The second-order valence-corrected chi connectivity index (χ2v) is 8.31. The van der Waals surface area contributed by atoms with E-state index < -0.39 is 0 Å². The van der Waals surface area contributed by atoms with Gasteiger partial charge in [-0.3, -0.25) is 9.36 Å². The number of nitrogens with zero attached hydrogens (tertiary/aromatic N) is 4. The van der Waals surface area contributed by atoms with Crippen LogP contribution in [0.1, 0.15) is 11.1 Å². The Labute approximate surface area is 194 Å². The molecule has 4 aromatic rings. The smallest absolute Gasteiger partial charge is 0.234 e. The van der Waals surface area contributed by atoms with Gasteiger partial charge in [-0.25, -0.2) is 0 Å². The highest BCUT2D eigenvalue weighted by atomic mass is 35.5. The number of rotatable bonds is 6. The van der Waals surface area contributed by atoms with Gasteiger partial charge in [-0.1, -0.05) is 53.7 Å². The maximum absolute atomic E-state index is 12.6. The molecule has 0 saturated heterocycles. The lowest BCUT2D eigenvalue weighted by molar-refractivity contribution is -0.113. The Morgan fingerprint density at radius 3 is 2.53 bits per heavy atom. The number of halogens is 1. The third-order valence-electron chi connectivity index (χ3n) is 4.75. The third-order valence-corrected chi connectivity index (χ3v) is 5.93. The van der Waals surface area contributed by atoms with Gasteiger partial charge in [0.15, 0.2) is 11.0 Å². The number of para-hydroxylation sites is 2. The number of benzene rings is 3. The quantitative estimate of drug-likeness (QED) is 0.385. The molecule has 0 spiro atoms. The molecule has 8 heteroatoms. The van der Waals surface area contributed by atoms with E-state index in [1.54, 1.807) is 36.4 Å². The molecule has 0 aliphatic carbocycles. The molecule has 1 amide bonds. The molecule has 0 radical (unpaired) electrons. The fraction of sp³-hybridized carbons (Fsp3) is 0.0833. The molecule has 158 valence electrons. The average Bonchev–Trinajstić information content (AvgIpc) is 3.22. The summed E-state index contributed by atoms with van der Waals surface area (Å²) in [7, 11) is 0. The molecule has 0 bridgehead atoms. The minimum Gasteiger partial charge on any atom is -0.324 e. The number of hydrogen-bond donors (Lipinski definition) is 1. The van der Waals surface area contributed by atoms with Gasteiger partial charge in [-0.15, -0.1) is 10.2 Å². The van der Waals surface area contributed by atoms with Crippen molar-refractivity contribution in [2.24, 2.45) is 0 Å². The van der Waals surface area contributed by atoms with Crippen molar-refractivity contribution in [3.63, 3.8) is 0 Å². The van der Waals surface area contributed by atoms with E-state index in [0.717, 1.165) is 16.8 Å². The first-order valence-corrected chi connectivity index (χ1v) is 11.1. The highest BCUT2D eigenvalue weighted by Crippen LogP contribution is 2.30.